The fourth-order valence-electron chi connectivity index (χ4n) is 5.41. The van der Waals surface area contributed by atoms with E-state index in [4.69, 9.17) is 21.7 Å². The van der Waals surface area contributed by atoms with Crippen molar-refractivity contribution in [3.63, 3.8) is 0 Å². The lowest BCUT2D eigenvalue weighted by Crippen LogP contribution is -2.29. The Hall–Kier alpha value is -4.81. The van der Waals surface area contributed by atoms with Crippen LogP contribution in [-0.2, 0) is 9.53 Å². The van der Waals surface area contributed by atoms with Gasteiger partial charge in [-0.1, -0.05) is 6.07 Å². The number of hydrogen-bond donors (Lipinski definition) is 2. The van der Waals surface area contributed by atoms with Crippen LogP contribution in [0.2, 0.25) is 0 Å². The molecule has 12 heteroatoms. The first-order valence-corrected chi connectivity index (χ1v) is 13.6. The molecule has 1 aliphatic rings. The quantitative estimate of drug-likeness (QED) is 0.155. The average Bonchev–Trinajstić information content (AvgIpc) is 3.48. The van der Waals surface area contributed by atoms with Crippen molar-refractivity contribution in [2.45, 2.75) is 25.9 Å². The zero-order chi connectivity index (χ0) is 30.0. The molecule has 0 spiro atoms. The molecule has 0 unspecified atom stereocenters. The zero-order valence-electron chi connectivity index (χ0n) is 23.5. The Kier molecular flexibility index (Phi) is 8.18. The van der Waals surface area contributed by atoms with Crippen LogP contribution in [0.5, 0.6) is 5.75 Å². The minimum absolute atomic E-state index is 0.0331. The predicted octanol–water partition coefficient (Wildman–Crippen LogP) is 5.17. The van der Waals surface area contributed by atoms with E-state index in [1.807, 2.05) is 65.8 Å². The second kappa shape index (κ2) is 12.0. The Morgan fingerprint density at radius 1 is 1.12 bits per heavy atom. The largest absolute Gasteiger partial charge is 0.495 e. The lowest BCUT2D eigenvalue weighted by molar-refractivity contribution is -0.384. The number of non-ortho nitro benzene ring substituents is 1. The van der Waals surface area contributed by atoms with Crippen molar-refractivity contribution >= 4 is 40.3 Å². The molecule has 5 rings (SSSR count). The van der Waals surface area contributed by atoms with Crippen LogP contribution >= 0.6 is 12.2 Å². The van der Waals surface area contributed by atoms with Crippen LogP contribution in [0.3, 0.4) is 0 Å². The molecule has 2 aromatic carbocycles. The van der Waals surface area contributed by atoms with E-state index in [2.05, 4.69) is 21.7 Å². The number of anilines is 2. The number of amides is 1. The van der Waals surface area contributed by atoms with Gasteiger partial charge in [0.2, 0.25) is 5.91 Å². The van der Waals surface area contributed by atoms with Crippen LogP contribution in [0, 0.1) is 24.0 Å². The summed E-state index contributed by atoms with van der Waals surface area (Å²) in [7, 11) is 3.01. The van der Waals surface area contributed by atoms with Crippen LogP contribution < -0.4 is 20.3 Å². The van der Waals surface area contributed by atoms with Gasteiger partial charge in [0.15, 0.2) is 5.11 Å². The highest BCUT2D eigenvalue weighted by atomic mass is 32.1. The molecule has 2 aromatic heterocycles. The number of methoxy groups -OCH3 is 2. The second-order valence-corrected chi connectivity index (χ2v) is 10.2. The number of carbonyl (C=O) groups is 1. The summed E-state index contributed by atoms with van der Waals surface area (Å²) in [6.45, 7) is 3.89. The Bertz CT molecular complexity index is 1640. The lowest BCUT2D eigenvalue weighted by atomic mass is 9.96. The number of rotatable bonds is 9. The number of aryl methyl sites for hydroxylation is 1. The minimum atomic E-state index is -0.419. The molecule has 11 nitrogen and oxygen atoms in total. The summed E-state index contributed by atoms with van der Waals surface area (Å²) in [5.41, 5.74) is 5.50. The SMILES string of the molecule is COCC(=O)Nc1ccc(N2C(=S)N[C@@H](c3ccccn3)[C@@H]2c2cc(C)n(-c3cc([N+](=O)[O-])ccc3OC)c2C)cc1. The maximum Gasteiger partial charge on any atom is 0.271 e. The molecule has 42 heavy (non-hydrogen) atoms. The van der Waals surface area contributed by atoms with Gasteiger partial charge < -0.3 is 29.6 Å². The van der Waals surface area contributed by atoms with Crippen LogP contribution in [0.15, 0.2) is 72.9 Å². The highest BCUT2D eigenvalue weighted by molar-refractivity contribution is 7.80. The normalized spacial score (nSPS) is 16.3. The number of aromatic nitrogens is 2. The lowest BCUT2D eigenvalue weighted by Gasteiger charge is -2.28. The fraction of sp³-hybridized carbons (Fsp3) is 0.233. The van der Waals surface area contributed by atoms with E-state index < -0.39 is 4.92 Å². The van der Waals surface area contributed by atoms with Gasteiger partial charge in [0, 0.05) is 48.2 Å². The van der Waals surface area contributed by atoms with E-state index in [0.717, 1.165) is 28.3 Å². The van der Waals surface area contributed by atoms with E-state index in [0.29, 0.717) is 22.2 Å². The monoisotopic (exact) mass is 586 g/mol. The van der Waals surface area contributed by atoms with Gasteiger partial charge in [-0.2, -0.15) is 0 Å². The molecular formula is C30H30N6O5S. The second-order valence-electron chi connectivity index (χ2n) is 9.80. The van der Waals surface area contributed by atoms with E-state index >= 15 is 0 Å². The summed E-state index contributed by atoms with van der Waals surface area (Å²) in [6.07, 6.45) is 1.74. The van der Waals surface area contributed by atoms with Crippen molar-refractivity contribution in [3.05, 3.63) is 106 Å². The highest BCUT2D eigenvalue weighted by Gasteiger charge is 2.42. The van der Waals surface area contributed by atoms with Crippen molar-refractivity contribution in [3.8, 4) is 11.4 Å². The summed E-state index contributed by atoms with van der Waals surface area (Å²) >= 11 is 5.87. The van der Waals surface area contributed by atoms with E-state index in [-0.39, 0.29) is 30.3 Å². The van der Waals surface area contributed by atoms with Gasteiger partial charge >= 0.3 is 0 Å². The number of nitro groups is 1. The number of thiocarbonyl (C=S) groups is 1. The summed E-state index contributed by atoms with van der Waals surface area (Å²) in [5.74, 6) is 0.263. The fourth-order valence-corrected chi connectivity index (χ4v) is 5.75. The molecule has 0 bridgehead atoms. The van der Waals surface area contributed by atoms with Crippen LogP contribution in [0.4, 0.5) is 17.1 Å². The summed E-state index contributed by atoms with van der Waals surface area (Å²) in [4.78, 5) is 29.9. The van der Waals surface area contributed by atoms with Crippen LogP contribution in [-0.4, -0.2) is 46.3 Å². The molecule has 3 heterocycles. The average molecular weight is 587 g/mol. The zero-order valence-corrected chi connectivity index (χ0v) is 24.3. The summed E-state index contributed by atoms with van der Waals surface area (Å²) in [6, 6.07) is 19.2. The summed E-state index contributed by atoms with van der Waals surface area (Å²) < 4.78 is 12.5. The summed E-state index contributed by atoms with van der Waals surface area (Å²) in [5, 5.41) is 18.4. The highest BCUT2D eigenvalue weighted by Crippen LogP contribution is 2.44. The Morgan fingerprint density at radius 3 is 2.52 bits per heavy atom. The first-order valence-electron chi connectivity index (χ1n) is 13.1. The molecule has 1 fully saturated rings. The Labute approximate surface area is 248 Å². The molecule has 216 valence electrons. The van der Waals surface area contributed by atoms with Gasteiger partial charge in [0.25, 0.3) is 5.69 Å². The maximum absolute atomic E-state index is 12.0. The van der Waals surface area contributed by atoms with Gasteiger partial charge in [0.05, 0.1) is 35.5 Å². The molecule has 0 radical (unpaired) electrons. The molecule has 4 aromatic rings. The first kappa shape index (κ1) is 28.7. The number of carbonyl (C=O) groups excluding carboxylic acids is 1. The molecule has 1 saturated heterocycles. The van der Waals surface area contributed by atoms with E-state index in [1.54, 1.807) is 19.4 Å². The van der Waals surface area contributed by atoms with E-state index in [1.165, 1.54) is 19.2 Å². The molecule has 1 aliphatic heterocycles. The topological polar surface area (TPSA) is 124 Å². The molecule has 2 N–H and O–H groups in total. The first-order chi connectivity index (χ1) is 20.2. The third-order valence-corrected chi connectivity index (χ3v) is 7.52. The number of nitro benzene ring substituents is 1. The van der Waals surface area contributed by atoms with Crippen molar-refractivity contribution in [1.82, 2.24) is 14.9 Å². The molecule has 0 saturated carbocycles. The number of benzene rings is 2. The number of ether oxygens (including phenoxy) is 2. The van der Waals surface area contributed by atoms with Crippen molar-refractivity contribution in [1.29, 1.82) is 0 Å². The number of hydrogen-bond acceptors (Lipinski definition) is 7. The standard InChI is InChI=1S/C30H30N6O5S/c1-18-15-23(19(2)34(18)25-16-22(36(38)39)12-13-26(25)41-4)29-28(24-7-5-6-14-31-24)33-30(42)35(29)21-10-8-20(9-11-21)32-27(37)17-40-3/h5-16,28-29H,17H2,1-4H3,(H,32,37)(H,33,42)/t28-,29-/m0/s1. The number of nitrogens with zero attached hydrogens (tertiary/aromatic N) is 4. The molecule has 1 amide bonds. The smallest absolute Gasteiger partial charge is 0.271 e. The van der Waals surface area contributed by atoms with Gasteiger partial charge in [-0.15, -0.1) is 0 Å². The van der Waals surface area contributed by atoms with Gasteiger partial charge in [-0.3, -0.25) is 19.9 Å². The maximum atomic E-state index is 12.0. The number of nitrogens with one attached hydrogen (secondary N) is 2. The third-order valence-electron chi connectivity index (χ3n) is 7.21. The van der Waals surface area contributed by atoms with Gasteiger partial charge in [-0.05, 0) is 80.2 Å². The van der Waals surface area contributed by atoms with Crippen molar-refractivity contribution in [2.75, 3.05) is 31.0 Å². The van der Waals surface area contributed by atoms with Crippen LogP contribution in [0.25, 0.3) is 5.69 Å². The Morgan fingerprint density at radius 2 is 1.88 bits per heavy atom. The van der Waals surface area contributed by atoms with Crippen molar-refractivity contribution < 1.29 is 19.2 Å². The third kappa shape index (κ3) is 5.41. The molecular weight excluding hydrogens is 556 g/mol. The Balaban J connectivity index is 1.62. The van der Waals surface area contributed by atoms with Gasteiger partial charge in [0.1, 0.15) is 12.4 Å². The molecule has 0 aliphatic carbocycles. The van der Waals surface area contributed by atoms with Crippen LogP contribution in [0.1, 0.15) is 34.7 Å². The predicted molar refractivity (Wildman–Crippen MR) is 163 cm³/mol. The van der Waals surface area contributed by atoms with E-state index in [9.17, 15) is 14.9 Å². The van der Waals surface area contributed by atoms with Gasteiger partial charge in [-0.25, -0.2) is 0 Å². The molecule has 2 atom stereocenters. The van der Waals surface area contributed by atoms with Crippen molar-refractivity contribution in [2.24, 2.45) is 0 Å². The number of pyridine rings is 1. The minimum Gasteiger partial charge on any atom is -0.495 e.